The topological polar surface area (TPSA) is 99.2 Å². The molecule has 6 heteroatoms. The number of nitrogens with zero attached hydrogens (tertiary/aromatic N) is 2. The third kappa shape index (κ3) is 5.76. The van der Waals surface area contributed by atoms with Gasteiger partial charge in [-0.25, -0.2) is 0 Å². The van der Waals surface area contributed by atoms with Crippen molar-refractivity contribution in [1.82, 2.24) is 5.32 Å². The van der Waals surface area contributed by atoms with E-state index in [2.05, 4.69) is 11.4 Å². The molecule has 0 bridgehead atoms. The van der Waals surface area contributed by atoms with Gasteiger partial charge in [0.25, 0.3) is 0 Å². The molecule has 0 aliphatic carbocycles. The van der Waals surface area contributed by atoms with Gasteiger partial charge in [-0.2, -0.15) is 5.26 Å². The second kappa shape index (κ2) is 10.1. The number of hydrogen-bond donors (Lipinski definition) is 2. The fourth-order valence-electron chi connectivity index (χ4n) is 4.48. The van der Waals surface area contributed by atoms with E-state index >= 15 is 0 Å². The van der Waals surface area contributed by atoms with Crippen molar-refractivity contribution in [2.24, 2.45) is 5.73 Å². The van der Waals surface area contributed by atoms with Crippen LogP contribution >= 0.6 is 0 Å². The maximum absolute atomic E-state index is 13.6. The standard InChI is InChI=1S/C29H30N4O2/c1-29(2,31)17-27(34)32-25-16-15-22-7-4-6-10-26(22)33(28(25)35)19-20-11-13-21(14-12-20)24-9-5-3-8-23(24)18-30/h3-14,25H,15-17,19,31H2,1-2H3,(H,32,34). The van der Waals surface area contributed by atoms with E-state index in [1.54, 1.807) is 24.8 Å². The molecule has 1 heterocycles. The fourth-order valence-corrected chi connectivity index (χ4v) is 4.48. The third-order valence-corrected chi connectivity index (χ3v) is 6.15. The van der Waals surface area contributed by atoms with Crippen molar-refractivity contribution in [1.29, 1.82) is 5.26 Å². The van der Waals surface area contributed by atoms with Crippen molar-refractivity contribution in [3.05, 3.63) is 89.5 Å². The number of nitrogens with two attached hydrogens (primary N) is 1. The van der Waals surface area contributed by atoms with Gasteiger partial charge in [0, 0.05) is 17.6 Å². The highest BCUT2D eigenvalue weighted by Gasteiger charge is 2.32. The predicted octanol–water partition coefficient (Wildman–Crippen LogP) is 4.32. The second-order valence-electron chi connectivity index (χ2n) is 9.73. The van der Waals surface area contributed by atoms with Crippen LogP contribution < -0.4 is 16.0 Å². The van der Waals surface area contributed by atoms with E-state index in [0.29, 0.717) is 24.9 Å². The summed E-state index contributed by atoms with van der Waals surface area (Å²) in [5, 5.41) is 12.3. The van der Waals surface area contributed by atoms with E-state index in [0.717, 1.165) is 27.9 Å². The van der Waals surface area contributed by atoms with Crippen LogP contribution in [-0.4, -0.2) is 23.4 Å². The first-order valence-corrected chi connectivity index (χ1v) is 11.8. The average molecular weight is 467 g/mol. The van der Waals surface area contributed by atoms with E-state index in [1.165, 1.54) is 0 Å². The lowest BCUT2D eigenvalue weighted by Crippen LogP contribution is -2.49. The summed E-state index contributed by atoms with van der Waals surface area (Å²) >= 11 is 0. The molecule has 6 nitrogen and oxygen atoms in total. The number of amides is 2. The number of nitriles is 1. The Kier molecular flexibility index (Phi) is 6.99. The first kappa shape index (κ1) is 24.2. The number of hydrogen-bond acceptors (Lipinski definition) is 4. The van der Waals surface area contributed by atoms with Gasteiger partial charge in [-0.05, 0) is 61.1 Å². The Labute approximate surface area is 206 Å². The number of carbonyl (C=O) groups excluding carboxylic acids is 2. The lowest BCUT2D eigenvalue weighted by Gasteiger charge is -2.27. The minimum Gasteiger partial charge on any atom is -0.344 e. The molecule has 1 aliphatic heterocycles. The largest absolute Gasteiger partial charge is 0.344 e. The molecule has 0 fully saturated rings. The lowest BCUT2D eigenvalue weighted by molar-refractivity contribution is -0.128. The number of nitrogens with one attached hydrogen (secondary N) is 1. The van der Waals surface area contributed by atoms with Gasteiger partial charge in [-0.15, -0.1) is 0 Å². The van der Waals surface area contributed by atoms with Crippen LogP contribution in [0.2, 0.25) is 0 Å². The van der Waals surface area contributed by atoms with Crippen molar-refractivity contribution in [3.63, 3.8) is 0 Å². The zero-order chi connectivity index (χ0) is 25.0. The van der Waals surface area contributed by atoms with Crippen LogP contribution in [0, 0.1) is 11.3 Å². The Bertz CT molecular complexity index is 1270. The molecule has 1 atom stereocenters. The smallest absolute Gasteiger partial charge is 0.249 e. The van der Waals surface area contributed by atoms with Gasteiger partial charge in [0.1, 0.15) is 6.04 Å². The van der Waals surface area contributed by atoms with Crippen molar-refractivity contribution in [3.8, 4) is 17.2 Å². The number of fused-ring (bicyclic) bond motifs is 1. The molecule has 3 aromatic rings. The summed E-state index contributed by atoms with van der Waals surface area (Å²) in [6, 6.07) is 24.9. The molecule has 2 amide bonds. The first-order valence-electron chi connectivity index (χ1n) is 11.8. The average Bonchev–Trinajstić information content (AvgIpc) is 2.96. The number of aryl methyl sites for hydroxylation is 1. The van der Waals surface area contributed by atoms with Crippen LogP contribution in [0.5, 0.6) is 0 Å². The Morgan fingerprint density at radius 1 is 1.09 bits per heavy atom. The van der Waals surface area contributed by atoms with Gasteiger partial charge in [0.05, 0.1) is 18.2 Å². The molecule has 1 aliphatic rings. The Balaban J connectivity index is 1.59. The SMILES string of the molecule is CC(C)(N)CC(=O)NC1CCc2ccccc2N(Cc2ccc(-c3ccccc3C#N)cc2)C1=O. The molecule has 4 rings (SSSR count). The van der Waals surface area contributed by atoms with Crippen LogP contribution in [0.1, 0.15) is 43.4 Å². The van der Waals surface area contributed by atoms with Gasteiger partial charge in [-0.1, -0.05) is 60.7 Å². The molecule has 1 unspecified atom stereocenters. The number of benzene rings is 3. The quantitative estimate of drug-likeness (QED) is 0.565. The zero-order valence-electron chi connectivity index (χ0n) is 20.1. The summed E-state index contributed by atoms with van der Waals surface area (Å²) < 4.78 is 0. The fraction of sp³-hybridized carbons (Fsp3) is 0.276. The highest BCUT2D eigenvalue weighted by Crippen LogP contribution is 2.30. The summed E-state index contributed by atoms with van der Waals surface area (Å²) in [5.74, 6) is -0.348. The van der Waals surface area contributed by atoms with Gasteiger partial charge in [0.2, 0.25) is 11.8 Å². The van der Waals surface area contributed by atoms with Crippen molar-refractivity contribution < 1.29 is 9.59 Å². The Morgan fingerprint density at radius 3 is 2.49 bits per heavy atom. The number of anilines is 1. The molecule has 35 heavy (non-hydrogen) atoms. The highest BCUT2D eigenvalue weighted by atomic mass is 16.2. The van der Waals surface area contributed by atoms with Crippen molar-refractivity contribution in [2.45, 2.75) is 51.2 Å². The van der Waals surface area contributed by atoms with E-state index in [4.69, 9.17) is 5.73 Å². The molecule has 0 spiro atoms. The van der Waals surface area contributed by atoms with Gasteiger partial charge in [0.15, 0.2) is 0 Å². The van der Waals surface area contributed by atoms with Gasteiger partial charge in [-0.3, -0.25) is 9.59 Å². The van der Waals surface area contributed by atoms with E-state index in [1.807, 2.05) is 66.7 Å². The van der Waals surface area contributed by atoms with Crippen LogP contribution in [0.4, 0.5) is 5.69 Å². The third-order valence-electron chi connectivity index (χ3n) is 6.15. The lowest BCUT2D eigenvalue weighted by atomic mass is 9.99. The second-order valence-corrected chi connectivity index (χ2v) is 9.73. The van der Waals surface area contributed by atoms with Crippen LogP contribution in [-0.2, 0) is 22.6 Å². The van der Waals surface area contributed by atoms with E-state index < -0.39 is 11.6 Å². The number of rotatable bonds is 6. The molecule has 0 radical (unpaired) electrons. The first-order chi connectivity index (χ1) is 16.7. The van der Waals surface area contributed by atoms with Crippen molar-refractivity contribution in [2.75, 3.05) is 4.90 Å². The van der Waals surface area contributed by atoms with Crippen molar-refractivity contribution >= 4 is 17.5 Å². The monoisotopic (exact) mass is 466 g/mol. The number of para-hydroxylation sites is 1. The molecule has 3 N–H and O–H groups in total. The predicted molar refractivity (Wildman–Crippen MR) is 137 cm³/mol. The minimum absolute atomic E-state index is 0.128. The Morgan fingerprint density at radius 2 is 1.77 bits per heavy atom. The summed E-state index contributed by atoms with van der Waals surface area (Å²) in [7, 11) is 0. The molecule has 3 aromatic carbocycles. The van der Waals surface area contributed by atoms with E-state index in [-0.39, 0.29) is 18.2 Å². The molecule has 0 aromatic heterocycles. The summed E-state index contributed by atoms with van der Waals surface area (Å²) in [4.78, 5) is 28.0. The zero-order valence-corrected chi connectivity index (χ0v) is 20.1. The number of carbonyl (C=O) groups is 2. The maximum Gasteiger partial charge on any atom is 0.249 e. The molecular formula is C29H30N4O2. The minimum atomic E-state index is -0.646. The molecule has 178 valence electrons. The van der Waals surface area contributed by atoms with Crippen LogP contribution in [0.3, 0.4) is 0 Å². The summed E-state index contributed by atoms with van der Waals surface area (Å²) in [5.41, 5.74) is 10.7. The summed E-state index contributed by atoms with van der Waals surface area (Å²) in [6.45, 7) is 3.97. The molecule has 0 saturated heterocycles. The van der Waals surface area contributed by atoms with E-state index in [9.17, 15) is 14.9 Å². The van der Waals surface area contributed by atoms with Gasteiger partial charge >= 0.3 is 0 Å². The molecular weight excluding hydrogens is 436 g/mol. The molecule has 0 saturated carbocycles. The van der Waals surface area contributed by atoms with Gasteiger partial charge < -0.3 is 16.0 Å². The normalized spacial score (nSPS) is 15.7. The van der Waals surface area contributed by atoms with Crippen LogP contribution in [0.25, 0.3) is 11.1 Å². The van der Waals surface area contributed by atoms with Crippen LogP contribution in [0.15, 0.2) is 72.8 Å². The summed E-state index contributed by atoms with van der Waals surface area (Å²) in [6.07, 6.45) is 1.38. The maximum atomic E-state index is 13.6. The Hall–Kier alpha value is -3.95. The highest BCUT2D eigenvalue weighted by molar-refractivity contribution is 6.00.